The van der Waals surface area contributed by atoms with Crippen LogP contribution in [0.25, 0.3) is 10.9 Å². The van der Waals surface area contributed by atoms with E-state index in [9.17, 15) is 14.7 Å². The first-order valence-electron chi connectivity index (χ1n) is 14.5. The lowest BCUT2D eigenvalue weighted by Crippen LogP contribution is -2.49. The Bertz CT molecular complexity index is 1350. The van der Waals surface area contributed by atoms with Crippen LogP contribution in [0.15, 0.2) is 60.7 Å². The highest BCUT2D eigenvalue weighted by Gasteiger charge is 2.58. The molecule has 1 saturated carbocycles. The van der Waals surface area contributed by atoms with Crippen LogP contribution in [0.1, 0.15) is 70.0 Å². The van der Waals surface area contributed by atoms with E-state index < -0.39 is 18.1 Å². The van der Waals surface area contributed by atoms with Crippen molar-refractivity contribution in [3.63, 3.8) is 0 Å². The maximum atomic E-state index is 14.2. The predicted molar refractivity (Wildman–Crippen MR) is 156 cm³/mol. The van der Waals surface area contributed by atoms with Gasteiger partial charge in [0.15, 0.2) is 0 Å². The number of benzene rings is 2. The van der Waals surface area contributed by atoms with E-state index in [1.54, 1.807) is 12.0 Å². The van der Waals surface area contributed by atoms with Crippen LogP contribution in [0.3, 0.4) is 0 Å². The third-order valence-corrected chi connectivity index (χ3v) is 8.75. The Labute approximate surface area is 236 Å². The standard InChI is InChI=1S/C33H41N3O4/c1-33(2,3)26-27(34-20-24-19-23-17-11-12-18-25(23)35-30(24)40-4)28(21-13-7-5-8-14-21)36(29(26)32(38)39)31(37)22-15-9-6-10-16-22/h5,7-8,11-14,17-19,22,26-29,34H,6,9-10,15-16,20H2,1-4H3,(H,38,39)/t26-,27-,28-,29-/m0/s1. The molecule has 1 amide bonds. The van der Waals surface area contributed by atoms with Crippen molar-refractivity contribution in [3.8, 4) is 5.88 Å². The summed E-state index contributed by atoms with van der Waals surface area (Å²) < 4.78 is 5.66. The molecule has 7 heteroatoms. The summed E-state index contributed by atoms with van der Waals surface area (Å²) in [5.41, 5.74) is 2.31. The highest BCUT2D eigenvalue weighted by atomic mass is 16.5. The molecule has 1 aromatic heterocycles. The van der Waals surface area contributed by atoms with Gasteiger partial charge in [0.1, 0.15) is 6.04 Å². The summed E-state index contributed by atoms with van der Waals surface area (Å²) in [5, 5.41) is 15.4. The molecule has 3 aromatic rings. The monoisotopic (exact) mass is 543 g/mol. The lowest BCUT2D eigenvalue weighted by Gasteiger charge is -2.36. The van der Waals surface area contributed by atoms with Gasteiger partial charge in [-0.25, -0.2) is 9.78 Å². The van der Waals surface area contributed by atoms with Crippen molar-refractivity contribution in [1.29, 1.82) is 0 Å². The van der Waals surface area contributed by atoms with Crippen LogP contribution in [0, 0.1) is 17.3 Å². The van der Waals surface area contributed by atoms with E-state index >= 15 is 0 Å². The number of aliphatic carboxylic acids is 1. The number of ether oxygens (including phenoxy) is 1. The van der Waals surface area contributed by atoms with Gasteiger partial charge in [0.2, 0.25) is 11.8 Å². The van der Waals surface area contributed by atoms with Gasteiger partial charge in [-0.3, -0.25) is 4.79 Å². The van der Waals surface area contributed by atoms with E-state index in [0.29, 0.717) is 12.4 Å². The molecule has 2 aliphatic rings. The topological polar surface area (TPSA) is 91.8 Å². The molecule has 2 fully saturated rings. The average Bonchev–Trinajstić information content (AvgIpc) is 3.32. The van der Waals surface area contributed by atoms with Crippen molar-refractivity contribution in [2.45, 2.75) is 77.5 Å². The molecule has 0 bridgehead atoms. The number of fused-ring (bicyclic) bond motifs is 1. The van der Waals surface area contributed by atoms with E-state index in [4.69, 9.17) is 9.72 Å². The van der Waals surface area contributed by atoms with Crippen molar-refractivity contribution < 1.29 is 19.4 Å². The summed E-state index contributed by atoms with van der Waals surface area (Å²) in [6, 6.07) is 18.3. The number of methoxy groups -OCH3 is 1. The van der Waals surface area contributed by atoms with Gasteiger partial charge in [0.25, 0.3) is 0 Å². The summed E-state index contributed by atoms with van der Waals surface area (Å²) in [7, 11) is 1.62. The molecule has 0 radical (unpaired) electrons. The van der Waals surface area contributed by atoms with E-state index in [2.05, 4.69) is 32.2 Å². The molecular weight excluding hydrogens is 502 g/mol. The number of rotatable bonds is 7. The summed E-state index contributed by atoms with van der Waals surface area (Å²) in [4.78, 5) is 33.7. The minimum atomic E-state index is -0.945. The zero-order valence-corrected chi connectivity index (χ0v) is 24.0. The summed E-state index contributed by atoms with van der Waals surface area (Å²) in [6.45, 7) is 6.67. The van der Waals surface area contributed by atoms with Gasteiger partial charge in [0.05, 0.1) is 18.7 Å². The normalized spacial score (nSPS) is 23.9. The van der Waals surface area contributed by atoms with E-state index in [0.717, 1.165) is 54.1 Å². The summed E-state index contributed by atoms with van der Waals surface area (Å²) in [5.74, 6) is -0.894. The van der Waals surface area contributed by atoms with Crippen molar-refractivity contribution in [2.75, 3.05) is 7.11 Å². The maximum Gasteiger partial charge on any atom is 0.326 e. The molecule has 2 heterocycles. The van der Waals surface area contributed by atoms with Gasteiger partial charge in [-0.05, 0) is 36.0 Å². The molecule has 2 N–H and O–H groups in total. The number of nitrogens with zero attached hydrogens (tertiary/aromatic N) is 2. The molecule has 2 aromatic carbocycles. The van der Waals surface area contributed by atoms with Crippen molar-refractivity contribution >= 4 is 22.8 Å². The Morgan fingerprint density at radius 2 is 1.70 bits per heavy atom. The number of amides is 1. The van der Waals surface area contributed by atoms with Crippen LogP contribution in [0.2, 0.25) is 0 Å². The molecule has 1 aliphatic heterocycles. The number of pyridine rings is 1. The third kappa shape index (κ3) is 5.44. The maximum absolute atomic E-state index is 14.2. The van der Waals surface area contributed by atoms with E-state index in [1.165, 1.54) is 0 Å². The molecule has 40 heavy (non-hydrogen) atoms. The van der Waals surface area contributed by atoms with Crippen LogP contribution < -0.4 is 10.1 Å². The number of carboxylic acid groups (broad SMARTS) is 1. The van der Waals surface area contributed by atoms with Crippen molar-refractivity contribution in [1.82, 2.24) is 15.2 Å². The highest BCUT2D eigenvalue weighted by Crippen LogP contribution is 2.49. The van der Waals surface area contributed by atoms with Crippen LogP contribution in [-0.2, 0) is 16.1 Å². The molecular formula is C33H41N3O4. The number of carboxylic acids is 1. The van der Waals surface area contributed by atoms with Crippen LogP contribution in [0.4, 0.5) is 0 Å². The molecule has 4 atom stereocenters. The zero-order valence-electron chi connectivity index (χ0n) is 24.0. The second-order valence-corrected chi connectivity index (χ2v) is 12.4. The van der Waals surface area contributed by atoms with Gasteiger partial charge < -0.3 is 20.1 Å². The third-order valence-electron chi connectivity index (χ3n) is 8.75. The van der Waals surface area contributed by atoms with Crippen LogP contribution in [-0.4, -0.2) is 46.1 Å². The number of hydrogen-bond donors (Lipinski definition) is 2. The molecule has 1 aliphatic carbocycles. The van der Waals surface area contributed by atoms with Gasteiger partial charge in [0, 0.05) is 35.4 Å². The largest absolute Gasteiger partial charge is 0.481 e. The van der Waals surface area contributed by atoms with E-state index in [-0.39, 0.29) is 29.2 Å². The van der Waals surface area contributed by atoms with Gasteiger partial charge in [-0.1, -0.05) is 88.6 Å². The predicted octanol–water partition coefficient (Wildman–Crippen LogP) is 5.98. The van der Waals surface area contributed by atoms with E-state index in [1.807, 2.05) is 54.6 Å². The van der Waals surface area contributed by atoms with Crippen LogP contribution >= 0.6 is 0 Å². The lowest BCUT2D eigenvalue weighted by atomic mass is 9.72. The molecule has 7 nitrogen and oxygen atoms in total. The number of para-hydroxylation sites is 1. The Morgan fingerprint density at radius 1 is 1.02 bits per heavy atom. The van der Waals surface area contributed by atoms with Gasteiger partial charge in [-0.15, -0.1) is 0 Å². The fourth-order valence-corrected chi connectivity index (χ4v) is 6.96. The summed E-state index contributed by atoms with van der Waals surface area (Å²) >= 11 is 0. The molecule has 0 spiro atoms. The minimum absolute atomic E-state index is 0.0237. The molecule has 5 rings (SSSR count). The molecule has 0 unspecified atom stereocenters. The first-order chi connectivity index (χ1) is 19.2. The first kappa shape index (κ1) is 28.1. The van der Waals surface area contributed by atoms with Gasteiger partial charge in [-0.2, -0.15) is 0 Å². The average molecular weight is 544 g/mol. The smallest absolute Gasteiger partial charge is 0.326 e. The van der Waals surface area contributed by atoms with Crippen molar-refractivity contribution in [2.24, 2.45) is 17.3 Å². The fourth-order valence-electron chi connectivity index (χ4n) is 6.96. The molecule has 1 saturated heterocycles. The number of nitrogens with one attached hydrogen (secondary N) is 1. The SMILES string of the molecule is COc1nc2ccccc2cc1CN[C@H]1[C@H](C(C)(C)C)[C@@H](C(=O)O)N(C(=O)C2CCCCC2)[C@H]1c1ccccc1. The lowest BCUT2D eigenvalue weighted by molar-refractivity contribution is -0.154. The first-order valence-corrected chi connectivity index (χ1v) is 14.5. The highest BCUT2D eigenvalue weighted by molar-refractivity contribution is 5.87. The Hall–Kier alpha value is -3.45. The van der Waals surface area contributed by atoms with Crippen molar-refractivity contribution in [3.05, 3.63) is 71.8 Å². The second kappa shape index (κ2) is 11.6. The number of hydrogen-bond acceptors (Lipinski definition) is 5. The second-order valence-electron chi connectivity index (χ2n) is 12.4. The Morgan fingerprint density at radius 3 is 2.35 bits per heavy atom. The zero-order chi connectivity index (χ0) is 28.4. The Balaban J connectivity index is 1.59. The minimum Gasteiger partial charge on any atom is -0.481 e. The summed E-state index contributed by atoms with van der Waals surface area (Å²) in [6.07, 6.45) is 4.79. The van der Waals surface area contributed by atoms with Crippen LogP contribution in [0.5, 0.6) is 5.88 Å². The number of carbonyl (C=O) groups excluding carboxylic acids is 1. The molecule has 212 valence electrons. The number of carbonyl (C=O) groups is 2. The number of likely N-dealkylation sites (tertiary alicyclic amines) is 1. The fraction of sp³-hybridized carbons (Fsp3) is 0.485. The number of aromatic nitrogens is 1. The Kier molecular flexibility index (Phi) is 8.13. The quantitative estimate of drug-likeness (QED) is 0.381. The van der Waals surface area contributed by atoms with Gasteiger partial charge >= 0.3 is 5.97 Å².